The van der Waals surface area contributed by atoms with E-state index in [1.165, 1.54) is 0 Å². The molecule has 0 aliphatic rings. The first-order chi connectivity index (χ1) is 22.3. The molecule has 6 aromatic rings. The summed E-state index contributed by atoms with van der Waals surface area (Å²) in [6, 6.07) is 32.3. The lowest BCUT2D eigenvalue weighted by molar-refractivity contribution is 0.101. The van der Waals surface area contributed by atoms with E-state index >= 15 is 0 Å². The normalized spacial score (nSPS) is 10.8. The maximum Gasteiger partial charge on any atom is 0.569 e. The van der Waals surface area contributed by atoms with Gasteiger partial charge in [-0.05, 0) is 75.4 Å². The van der Waals surface area contributed by atoms with Crippen molar-refractivity contribution in [2.24, 2.45) is 0 Å². The van der Waals surface area contributed by atoms with Crippen LogP contribution in [0.2, 0.25) is 0 Å². The molecule has 0 spiro atoms. The van der Waals surface area contributed by atoms with Crippen LogP contribution in [0.3, 0.4) is 0 Å². The van der Waals surface area contributed by atoms with Crippen LogP contribution in [0.25, 0.3) is 0 Å². The van der Waals surface area contributed by atoms with Gasteiger partial charge in [0.1, 0.15) is 17.1 Å². The summed E-state index contributed by atoms with van der Waals surface area (Å²) in [4.78, 5) is 39.6. The minimum Gasteiger partial charge on any atom is -0.321 e. The summed E-state index contributed by atoms with van der Waals surface area (Å²) in [6.45, 7) is 5.43. The minimum absolute atomic E-state index is 0.171. The Bertz CT molecular complexity index is 1790. The smallest absolute Gasteiger partial charge is 0.321 e. The molecule has 0 saturated heterocycles. The molecule has 13 heteroatoms. The van der Waals surface area contributed by atoms with Crippen molar-refractivity contribution >= 4 is 41.9 Å². The molecule has 0 atom stereocenters. The van der Waals surface area contributed by atoms with Crippen molar-refractivity contribution in [3.63, 3.8) is 0 Å². The number of aromatic nitrogens is 6. The molecule has 3 N–H and O–H groups in total. The Morgan fingerprint density at radius 3 is 1.00 bits per heavy atom. The molecule has 0 fully saturated rings. The predicted molar refractivity (Wildman–Crippen MR) is 176 cm³/mol. The highest BCUT2D eigenvalue weighted by Crippen LogP contribution is 2.17. The van der Waals surface area contributed by atoms with E-state index in [1.54, 1.807) is 68.4 Å². The monoisotopic (exact) mass is 611 g/mol. The number of rotatable bonds is 9. The summed E-state index contributed by atoms with van der Waals surface area (Å²) in [5.41, 5.74) is 4.27. The third-order valence-electron chi connectivity index (χ3n) is 7.22. The number of hydrogen-bond acceptors (Lipinski definition) is 6. The molecule has 0 radical (unpaired) electrons. The molecular formula is C33H30BN9O3. The number of carbonyl (C=O) groups is 3. The van der Waals surface area contributed by atoms with Crippen LogP contribution >= 0.6 is 0 Å². The Morgan fingerprint density at radius 2 is 0.739 bits per heavy atom. The molecule has 12 nitrogen and oxygen atoms in total. The van der Waals surface area contributed by atoms with E-state index in [1.807, 2.05) is 75.4 Å². The Labute approximate surface area is 265 Å². The second kappa shape index (κ2) is 12.8. The predicted octanol–water partition coefficient (Wildman–Crippen LogP) is 4.89. The summed E-state index contributed by atoms with van der Waals surface area (Å²) in [6.07, 6.45) is 0. The zero-order valence-corrected chi connectivity index (χ0v) is 25.4. The molecule has 6 rings (SSSR count). The average molecular weight is 611 g/mol. The number of anilines is 3. The van der Waals surface area contributed by atoms with Gasteiger partial charge in [0, 0.05) is 34.1 Å². The van der Waals surface area contributed by atoms with Gasteiger partial charge in [0.25, 0.3) is 17.7 Å². The fourth-order valence-corrected chi connectivity index (χ4v) is 4.96. The van der Waals surface area contributed by atoms with Crippen molar-refractivity contribution in [2.45, 2.75) is 20.8 Å². The second-order valence-electron chi connectivity index (χ2n) is 10.7. The number of nitrogens with one attached hydrogen (secondary N) is 3. The molecule has 228 valence electrons. The Hall–Kier alpha value is -6.24. The quantitative estimate of drug-likeness (QED) is 0.199. The lowest BCUT2D eigenvalue weighted by Crippen LogP contribution is -2.46. The summed E-state index contributed by atoms with van der Waals surface area (Å²) in [5, 5.41) is 22.6. The number of hydrogen-bond donors (Lipinski definition) is 3. The summed E-state index contributed by atoms with van der Waals surface area (Å²) < 4.78 is 4.78. The second-order valence-corrected chi connectivity index (χ2v) is 10.7. The lowest BCUT2D eigenvalue weighted by atomic mass is 9.93. The first kappa shape index (κ1) is 29.8. The SMILES string of the molecule is Cc1cc(C(=O)Nc2ccccc2)nn1B(n1nc(C(=O)Nc2ccccc2)cc1C)n1nc(C(=O)Nc2ccccc2)cc1C. The molecule has 46 heavy (non-hydrogen) atoms. The molecule has 3 aromatic carbocycles. The van der Waals surface area contributed by atoms with Gasteiger partial charge in [-0.2, -0.15) is 15.3 Å². The molecule has 3 aromatic heterocycles. The fraction of sp³-hybridized carbons (Fsp3) is 0.0909. The number of para-hydroxylation sites is 3. The molecule has 0 aliphatic heterocycles. The van der Waals surface area contributed by atoms with Gasteiger partial charge in [-0.25, -0.2) is 0 Å². The molecule has 3 amide bonds. The van der Waals surface area contributed by atoms with Crippen LogP contribution in [0.4, 0.5) is 17.1 Å². The maximum atomic E-state index is 13.2. The van der Waals surface area contributed by atoms with Crippen LogP contribution in [0, 0.1) is 20.8 Å². The van der Waals surface area contributed by atoms with Crippen LogP contribution < -0.4 is 16.0 Å². The van der Waals surface area contributed by atoms with Crippen LogP contribution in [-0.2, 0) is 0 Å². The summed E-state index contributed by atoms with van der Waals surface area (Å²) >= 11 is 0. The molecule has 0 saturated carbocycles. The zero-order chi connectivity index (χ0) is 32.2. The molecule has 3 heterocycles. The summed E-state index contributed by atoms with van der Waals surface area (Å²) in [7, 11) is -0.908. The first-order valence-electron chi connectivity index (χ1n) is 14.5. The van der Waals surface area contributed by atoms with E-state index < -0.39 is 24.8 Å². The topological polar surface area (TPSA) is 141 Å². The van der Waals surface area contributed by atoms with E-state index in [4.69, 9.17) is 0 Å². The number of amides is 3. The van der Waals surface area contributed by atoms with Crippen LogP contribution in [0.5, 0.6) is 0 Å². The van der Waals surface area contributed by atoms with Crippen molar-refractivity contribution in [1.82, 2.24) is 29.1 Å². The summed E-state index contributed by atoms with van der Waals surface area (Å²) in [5.74, 6) is -1.19. The largest absolute Gasteiger partial charge is 0.569 e. The van der Waals surface area contributed by atoms with Crippen molar-refractivity contribution in [3.8, 4) is 0 Å². The highest BCUT2D eigenvalue weighted by atomic mass is 16.2. The molecular weight excluding hydrogens is 581 g/mol. The van der Waals surface area contributed by atoms with Gasteiger partial charge in [0.05, 0.1) is 0 Å². The number of aryl methyl sites for hydroxylation is 3. The standard InChI is InChI=1S/C33H30BN9O3/c1-22-19-28(31(44)35-25-13-7-4-8-14-25)38-41(22)34(42-23(2)20-29(39-42)32(45)36-26-15-9-5-10-16-26)43-24(3)21-30(40-43)33(46)37-27-17-11-6-12-18-27/h4-21H,1-3H3,(H,35,44)(H,36,45)(H,37,46). The van der Waals surface area contributed by atoms with Gasteiger partial charge in [-0.1, -0.05) is 54.6 Å². The van der Waals surface area contributed by atoms with Gasteiger partial charge in [0.2, 0.25) is 0 Å². The zero-order valence-electron chi connectivity index (χ0n) is 25.4. The Balaban J connectivity index is 1.39. The maximum absolute atomic E-state index is 13.2. The highest BCUT2D eigenvalue weighted by Gasteiger charge is 2.35. The highest BCUT2D eigenvalue weighted by molar-refractivity contribution is 6.53. The van der Waals surface area contributed by atoms with Crippen molar-refractivity contribution in [3.05, 3.63) is 143 Å². The van der Waals surface area contributed by atoms with Crippen LogP contribution in [0.15, 0.2) is 109 Å². The number of benzene rings is 3. The average Bonchev–Trinajstić information content (AvgIpc) is 3.76. The van der Waals surface area contributed by atoms with Gasteiger partial charge < -0.3 is 16.0 Å². The van der Waals surface area contributed by atoms with E-state index in [9.17, 15) is 14.4 Å². The third kappa shape index (κ3) is 6.33. The van der Waals surface area contributed by atoms with Gasteiger partial charge >= 0.3 is 7.12 Å². The van der Waals surface area contributed by atoms with E-state index in [-0.39, 0.29) is 17.1 Å². The van der Waals surface area contributed by atoms with Gasteiger partial charge in [-0.15, -0.1) is 0 Å². The van der Waals surface area contributed by atoms with Crippen molar-refractivity contribution in [2.75, 3.05) is 16.0 Å². The molecule has 0 aliphatic carbocycles. The fourth-order valence-electron chi connectivity index (χ4n) is 4.96. The number of nitrogens with zero attached hydrogens (tertiary/aromatic N) is 6. The van der Waals surface area contributed by atoms with Gasteiger partial charge in [0.15, 0.2) is 0 Å². The Morgan fingerprint density at radius 1 is 0.478 bits per heavy atom. The number of carbonyl (C=O) groups excluding carboxylic acids is 3. The van der Waals surface area contributed by atoms with Gasteiger partial charge in [-0.3, -0.25) is 28.2 Å². The Kier molecular flexibility index (Phi) is 8.29. The molecule has 0 unspecified atom stereocenters. The van der Waals surface area contributed by atoms with E-state index in [0.29, 0.717) is 34.1 Å². The third-order valence-corrected chi connectivity index (χ3v) is 7.22. The van der Waals surface area contributed by atoms with Crippen LogP contribution in [-0.4, -0.2) is 53.9 Å². The van der Waals surface area contributed by atoms with E-state index in [2.05, 4.69) is 31.2 Å². The van der Waals surface area contributed by atoms with E-state index in [0.717, 1.165) is 0 Å². The van der Waals surface area contributed by atoms with Crippen molar-refractivity contribution in [1.29, 1.82) is 0 Å². The van der Waals surface area contributed by atoms with Crippen LogP contribution in [0.1, 0.15) is 48.5 Å². The lowest BCUT2D eigenvalue weighted by Gasteiger charge is -2.18. The first-order valence-corrected chi connectivity index (χ1v) is 14.5. The molecule has 0 bridgehead atoms. The minimum atomic E-state index is -0.908. The van der Waals surface area contributed by atoms with Crippen molar-refractivity contribution < 1.29 is 14.4 Å².